The first kappa shape index (κ1) is 28.5. The van der Waals surface area contributed by atoms with E-state index in [0.29, 0.717) is 47.3 Å². The number of rotatable bonds is 11. The highest BCUT2D eigenvalue weighted by Gasteiger charge is 2.25. The number of carbonyl (C=O) groups is 2. The summed E-state index contributed by atoms with van der Waals surface area (Å²) in [5.41, 5.74) is 4.70. The van der Waals surface area contributed by atoms with Crippen LogP contribution in [0.2, 0.25) is 0 Å². The normalized spacial score (nSPS) is 12.9. The summed E-state index contributed by atoms with van der Waals surface area (Å²) in [6.45, 7) is 6.56. The Labute approximate surface area is 244 Å². The van der Waals surface area contributed by atoms with Crippen molar-refractivity contribution < 1.29 is 28.5 Å². The quantitative estimate of drug-likeness (QED) is 0.184. The van der Waals surface area contributed by atoms with Gasteiger partial charge in [-0.25, -0.2) is 5.43 Å². The Kier molecular flexibility index (Phi) is 8.87. The molecule has 2 N–H and O–H groups in total. The van der Waals surface area contributed by atoms with Gasteiger partial charge in [-0.2, -0.15) is 5.10 Å². The zero-order valence-electron chi connectivity index (χ0n) is 23.8. The summed E-state index contributed by atoms with van der Waals surface area (Å²) in [5.74, 6) is 1.24. The largest absolute Gasteiger partial charge is 0.490 e. The molecule has 1 aliphatic heterocycles. The third kappa shape index (κ3) is 6.63. The van der Waals surface area contributed by atoms with E-state index < -0.39 is 17.9 Å². The summed E-state index contributed by atoms with van der Waals surface area (Å²) in [4.78, 5) is 25.8. The van der Waals surface area contributed by atoms with Gasteiger partial charge in [0.2, 0.25) is 6.79 Å². The first-order chi connectivity index (χ1) is 20.4. The first-order valence-corrected chi connectivity index (χ1v) is 13.8. The van der Waals surface area contributed by atoms with Gasteiger partial charge < -0.3 is 24.3 Å². The molecule has 0 aromatic heterocycles. The molecule has 2 amide bonds. The Morgan fingerprint density at radius 3 is 2.57 bits per heavy atom. The van der Waals surface area contributed by atoms with Crippen molar-refractivity contribution in [3.8, 4) is 23.0 Å². The van der Waals surface area contributed by atoms with Gasteiger partial charge in [0.25, 0.3) is 11.8 Å². The number of benzene rings is 4. The molecule has 0 saturated heterocycles. The van der Waals surface area contributed by atoms with Gasteiger partial charge in [-0.15, -0.1) is 0 Å². The fourth-order valence-electron chi connectivity index (χ4n) is 4.60. The molecule has 0 saturated carbocycles. The van der Waals surface area contributed by atoms with Crippen molar-refractivity contribution in [2.75, 3.05) is 13.4 Å². The second-order valence-corrected chi connectivity index (χ2v) is 10.1. The number of fused-ring (bicyclic) bond motifs is 2. The first-order valence-electron chi connectivity index (χ1n) is 13.8. The molecule has 0 bridgehead atoms. The molecular weight excluding hydrogens is 534 g/mol. The molecular formula is C33H33N3O6. The van der Waals surface area contributed by atoms with E-state index in [0.717, 1.165) is 16.3 Å². The van der Waals surface area contributed by atoms with Crippen LogP contribution in [0.5, 0.6) is 23.0 Å². The molecule has 4 aromatic carbocycles. The van der Waals surface area contributed by atoms with Crippen LogP contribution in [0, 0.1) is 5.92 Å². The maximum Gasteiger partial charge on any atom is 0.262 e. The zero-order chi connectivity index (χ0) is 29.5. The van der Waals surface area contributed by atoms with Crippen LogP contribution >= 0.6 is 0 Å². The standard InChI is InChI=1S/C33H33N3O6/c1-4-39-29-16-22(12-14-27(29)40-19-25-10-7-9-23-8-5-6-11-26(23)25)18-34-36-33(38)31(21(2)3)35-32(37)24-13-15-28-30(17-24)42-20-41-28/h5-18,21,31H,4,19-20H2,1-3H3,(H,35,37)(H,36,38). The molecule has 0 radical (unpaired) electrons. The van der Waals surface area contributed by atoms with Crippen LogP contribution in [0.1, 0.15) is 42.3 Å². The molecule has 0 aliphatic carbocycles. The summed E-state index contributed by atoms with van der Waals surface area (Å²) in [6.07, 6.45) is 1.52. The van der Waals surface area contributed by atoms with E-state index in [1.54, 1.807) is 24.3 Å². The molecule has 4 aromatic rings. The van der Waals surface area contributed by atoms with Crippen molar-refractivity contribution in [3.63, 3.8) is 0 Å². The van der Waals surface area contributed by atoms with Crippen LogP contribution in [-0.4, -0.2) is 37.5 Å². The minimum absolute atomic E-state index is 0.113. The highest BCUT2D eigenvalue weighted by atomic mass is 16.7. The number of nitrogens with zero attached hydrogens (tertiary/aromatic N) is 1. The Morgan fingerprint density at radius 1 is 0.929 bits per heavy atom. The third-order valence-corrected chi connectivity index (χ3v) is 6.79. The number of hydrogen-bond acceptors (Lipinski definition) is 7. The molecule has 9 nitrogen and oxygen atoms in total. The summed E-state index contributed by atoms with van der Waals surface area (Å²) in [6, 6.07) is 23.9. The molecule has 42 heavy (non-hydrogen) atoms. The van der Waals surface area contributed by atoms with Crippen molar-refractivity contribution in [3.05, 3.63) is 95.6 Å². The molecule has 0 fully saturated rings. The number of amides is 2. The zero-order valence-corrected chi connectivity index (χ0v) is 23.8. The van der Waals surface area contributed by atoms with E-state index in [9.17, 15) is 9.59 Å². The lowest BCUT2D eigenvalue weighted by Crippen LogP contribution is -2.48. The van der Waals surface area contributed by atoms with Gasteiger partial charge >= 0.3 is 0 Å². The second-order valence-electron chi connectivity index (χ2n) is 10.1. The lowest BCUT2D eigenvalue weighted by molar-refractivity contribution is -0.123. The van der Waals surface area contributed by atoms with Gasteiger partial charge in [0.15, 0.2) is 23.0 Å². The SMILES string of the molecule is CCOc1cc(C=NNC(=O)C(NC(=O)c2ccc3c(c2)OCO3)C(C)C)ccc1OCc1cccc2ccccc12. The number of hydrogen-bond donors (Lipinski definition) is 2. The molecule has 1 aliphatic rings. The van der Waals surface area contributed by atoms with Crippen LogP contribution in [0.4, 0.5) is 0 Å². The minimum atomic E-state index is -0.802. The van der Waals surface area contributed by atoms with Crippen molar-refractivity contribution in [1.82, 2.24) is 10.7 Å². The number of carbonyl (C=O) groups excluding carboxylic acids is 2. The van der Waals surface area contributed by atoms with E-state index >= 15 is 0 Å². The molecule has 5 rings (SSSR count). The van der Waals surface area contributed by atoms with Crippen molar-refractivity contribution in [2.45, 2.75) is 33.4 Å². The van der Waals surface area contributed by atoms with Crippen LogP contribution in [0.25, 0.3) is 10.8 Å². The highest BCUT2D eigenvalue weighted by molar-refractivity contribution is 5.98. The molecule has 1 atom stereocenters. The monoisotopic (exact) mass is 567 g/mol. The van der Waals surface area contributed by atoms with Crippen LogP contribution in [0.3, 0.4) is 0 Å². The number of ether oxygens (including phenoxy) is 4. The molecule has 9 heteroatoms. The van der Waals surface area contributed by atoms with Gasteiger partial charge in [-0.1, -0.05) is 56.3 Å². The number of nitrogens with one attached hydrogen (secondary N) is 2. The Bertz CT molecular complexity index is 1610. The number of hydrazone groups is 1. The predicted octanol–water partition coefficient (Wildman–Crippen LogP) is 5.45. The second kappa shape index (κ2) is 13.1. The molecule has 1 unspecified atom stereocenters. The van der Waals surface area contributed by atoms with Gasteiger partial charge in [-0.05, 0) is 71.1 Å². The molecule has 1 heterocycles. The van der Waals surface area contributed by atoms with Crippen LogP contribution < -0.4 is 29.7 Å². The average Bonchev–Trinajstić information content (AvgIpc) is 3.47. The highest BCUT2D eigenvalue weighted by Crippen LogP contribution is 2.33. The lowest BCUT2D eigenvalue weighted by atomic mass is 10.0. The summed E-state index contributed by atoms with van der Waals surface area (Å²) < 4.78 is 22.6. The van der Waals surface area contributed by atoms with E-state index in [-0.39, 0.29) is 12.7 Å². The van der Waals surface area contributed by atoms with Crippen molar-refractivity contribution in [1.29, 1.82) is 0 Å². The Hall–Kier alpha value is -5.05. The molecule has 216 valence electrons. The smallest absolute Gasteiger partial charge is 0.262 e. The van der Waals surface area contributed by atoms with Crippen LogP contribution in [0.15, 0.2) is 84.0 Å². The topological polar surface area (TPSA) is 107 Å². The van der Waals surface area contributed by atoms with E-state index in [1.807, 2.05) is 57.2 Å². The minimum Gasteiger partial charge on any atom is -0.490 e. The van der Waals surface area contributed by atoms with E-state index in [1.165, 1.54) is 6.21 Å². The summed E-state index contributed by atoms with van der Waals surface area (Å²) in [7, 11) is 0. The fraction of sp³-hybridized carbons (Fsp3) is 0.242. The van der Waals surface area contributed by atoms with E-state index in [2.05, 4.69) is 34.0 Å². The molecule has 0 spiro atoms. The summed E-state index contributed by atoms with van der Waals surface area (Å²) >= 11 is 0. The van der Waals surface area contributed by atoms with Gasteiger partial charge in [0, 0.05) is 5.56 Å². The van der Waals surface area contributed by atoms with Crippen LogP contribution in [-0.2, 0) is 11.4 Å². The summed E-state index contributed by atoms with van der Waals surface area (Å²) in [5, 5.41) is 9.21. The third-order valence-electron chi connectivity index (χ3n) is 6.79. The Balaban J connectivity index is 1.22. The van der Waals surface area contributed by atoms with Gasteiger partial charge in [0.05, 0.1) is 12.8 Å². The van der Waals surface area contributed by atoms with Gasteiger partial charge in [-0.3, -0.25) is 9.59 Å². The fourth-order valence-corrected chi connectivity index (χ4v) is 4.60. The van der Waals surface area contributed by atoms with Crippen molar-refractivity contribution in [2.24, 2.45) is 11.0 Å². The average molecular weight is 568 g/mol. The predicted molar refractivity (Wildman–Crippen MR) is 160 cm³/mol. The van der Waals surface area contributed by atoms with E-state index in [4.69, 9.17) is 18.9 Å². The van der Waals surface area contributed by atoms with Gasteiger partial charge in [0.1, 0.15) is 12.6 Å². The lowest BCUT2D eigenvalue weighted by Gasteiger charge is -2.20. The Morgan fingerprint density at radius 2 is 1.74 bits per heavy atom. The maximum atomic E-state index is 12.9. The maximum absolute atomic E-state index is 12.9. The van der Waals surface area contributed by atoms with Crippen molar-refractivity contribution >= 4 is 28.8 Å².